The number of aliphatic hydroxyl groups excluding tert-OH is 1. The maximum atomic E-state index is 15.6. The van der Waals surface area contributed by atoms with E-state index in [2.05, 4.69) is 10.3 Å². The van der Waals surface area contributed by atoms with E-state index in [0.717, 1.165) is 5.56 Å². The number of hydrogen-bond donors (Lipinski definition) is 2. The fourth-order valence-corrected chi connectivity index (χ4v) is 3.46. The van der Waals surface area contributed by atoms with Gasteiger partial charge >= 0.3 is 0 Å². The molecule has 25 heavy (non-hydrogen) atoms. The molecule has 1 amide bonds. The molecule has 2 aromatic rings. The molecular formula is C18H17Cl2FN2O2. The summed E-state index contributed by atoms with van der Waals surface area (Å²) in [6.07, 6.45) is 0.721. The monoisotopic (exact) mass is 382 g/mol. The van der Waals surface area contributed by atoms with E-state index >= 15 is 4.39 Å². The van der Waals surface area contributed by atoms with Crippen LogP contribution in [0.2, 0.25) is 10.0 Å². The third-order valence-corrected chi connectivity index (χ3v) is 4.96. The highest BCUT2D eigenvalue weighted by Crippen LogP contribution is 2.42. The summed E-state index contributed by atoms with van der Waals surface area (Å²) in [4.78, 5) is 16.7. The van der Waals surface area contributed by atoms with Gasteiger partial charge in [0.1, 0.15) is 0 Å². The first-order valence-corrected chi connectivity index (χ1v) is 8.63. The molecule has 2 atom stereocenters. The van der Waals surface area contributed by atoms with Gasteiger partial charge in [0.2, 0.25) is 5.67 Å². The van der Waals surface area contributed by atoms with Crippen molar-refractivity contribution in [3.05, 3.63) is 62.9 Å². The van der Waals surface area contributed by atoms with Gasteiger partial charge in [-0.1, -0.05) is 29.3 Å². The normalized spacial score (nSPS) is 22.4. The van der Waals surface area contributed by atoms with Crippen molar-refractivity contribution in [3.8, 4) is 0 Å². The molecule has 1 heterocycles. The van der Waals surface area contributed by atoms with Crippen molar-refractivity contribution in [1.82, 2.24) is 10.3 Å². The minimum absolute atomic E-state index is 0.0810. The molecule has 1 aromatic heterocycles. The van der Waals surface area contributed by atoms with Crippen LogP contribution in [0.15, 0.2) is 30.5 Å². The maximum Gasteiger partial charge on any atom is 0.262 e. The molecule has 1 aromatic carbocycles. The summed E-state index contributed by atoms with van der Waals surface area (Å²) < 4.78 is 15.6. The number of nitrogens with one attached hydrogen (secondary N) is 1. The fourth-order valence-electron chi connectivity index (χ4n) is 2.99. The summed E-state index contributed by atoms with van der Waals surface area (Å²) >= 11 is 11.9. The number of nitrogens with zero attached hydrogens (tertiary/aromatic N) is 1. The van der Waals surface area contributed by atoms with Crippen molar-refractivity contribution >= 4 is 29.1 Å². The number of halogens is 3. The highest BCUT2D eigenvalue weighted by atomic mass is 35.5. The van der Waals surface area contributed by atoms with Gasteiger partial charge in [-0.05, 0) is 49.1 Å². The summed E-state index contributed by atoms with van der Waals surface area (Å²) in [6.45, 7) is 1.84. The quantitative estimate of drug-likeness (QED) is 0.842. The Labute approximate surface area is 155 Å². The van der Waals surface area contributed by atoms with Crippen molar-refractivity contribution < 1.29 is 14.3 Å². The Balaban J connectivity index is 1.84. The minimum atomic E-state index is -2.23. The molecule has 0 fully saturated rings. The molecule has 0 saturated carbocycles. The lowest BCUT2D eigenvalue weighted by molar-refractivity contribution is -0.135. The number of amides is 1. The number of carbonyl (C=O) groups excluding carboxylic acids is 1. The summed E-state index contributed by atoms with van der Waals surface area (Å²) in [5.41, 5.74) is -0.512. The molecule has 1 aliphatic carbocycles. The Hall–Kier alpha value is -1.69. The molecule has 0 spiro atoms. The van der Waals surface area contributed by atoms with E-state index < -0.39 is 17.7 Å². The summed E-state index contributed by atoms with van der Waals surface area (Å²) in [5, 5.41) is 13.5. The van der Waals surface area contributed by atoms with Crippen LogP contribution in [0.25, 0.3) is 0 Å². The van der Waals surface area contributed by atoms with Gasteiger partial charge in [0.05, 0.1) is 11.8 Å². The summed E-state index contributed by atoms with van der Waals surface area (Å²) in [7, 11) is 0. The number of carbonyl (C=O) groups is 1. The predicted octanol–water partition coefficient (Wildman–Crippen LogP) is 4.01. The van der Waals surface area contributed by atoms with Gasteiger partial charge in [-0.2, -0.15) is 0 Å². The number of aliphatic hydroxyl groups is 1. The average molecular weight is 383 g/mol. The zero-order valence-electron chi connectivity index (χ0n) is 13.5. The molecule has 0 radical (unpaired) electrons. The lowest BCUT2D eigenvalue weighted by atomic mass is 9.80. The molecule has 2 N–H and O–H groups in total. The average Bonchev–Trinajstić information content (AvgIpc) is 2.57. The molecule has 0 bridgehead atoms. The van der Waals surface area contributed by atoms with E-state index in [0.29, 0.717) is 15.6 Å². The zero-order chi connectivity index (χ0) is 18.2. The predicted molar refractivity (Wildman–Crippen MR) is 94.3 cm³/mol. The van der Waals surface area contributed by atoms with E-state index in [1.165, 1.54) is 0 Å². The number of fused-ring (bicyclic) bond motifs is 1. The highest BCUT2D eigenvalue weighted by Gasteiger charge is 2.46. The SMILES string of the molecule is Cc1cnc2c(c1)C(F)(C(=O)NCc1ccc(Cl)cc1Cl)CCC2O. The summed E-state index contributed by atoms with van der Waals surface area (Å²) in [6, 6.07) is 6.47. The van der Waals surface area contributed by atoms with Crippen LogP contribution in [0.3, 0.4) is 0 Å². The molecule has 2 unspecified atom stereocenters. The van der Waals surface area contributed by atoms with E-state index in [1.807, 2.05) is 0 Å². The summed E-state index contributed by atoms with van der Waals surface area (Å²) in [5.74, 6) is -0.765. The van der Waals surface area contributed by atoms with Crippen LogP contribution in [0.1, 0.15) is 41.3 Å². The standard InChI is InChI=1S/C18H17Cl2FN2O2/c1-10-6-13-16(22-8-10)15(24)4-5-18(13,21)17(25)23-9-11-2-3-12(19)7-14(11)20/h2-3,6-8,15,24H,4-5,9H2,1H3,(H,23,25). The largest absolute Gasteiger partial charge is 0.387 e. The lowest BCUT2D eigenvalue weighted by Gasteiger charge is -2.32. The van der Waals surface area contributed by atoms with Gasteiger partial charge in [-0.15, -0.1) is 0 Å². The maximum absolute atomic E-state index is 15.6. The number of benzene rings is 1. The second kappa shape index (κ2) is 6.90. The van der Waals surface area contributed by atoms with Crippen LogP contribution < -0.4 is 5.32 Å². The van der Waals surface area contributed by atoms with Gasteiger partial charge in [0.15, 0.2) is 0 Å². The van der Waals surface area contributed by atoms with Crippen LogP contribution >= 0.6 is 23.2 Å². The lowest BCUT2D eigenvalue weighted by Crippen LogP contribution is -2.44. The van der Waals surface area contributed by atoms with Crippen LogP contribution in [0.4, 0.5) is 4.39 Å². The first kappa shape index (κ1) is 18.1. The number of hydrogen-bond acceptors (Lipinski definition) is 3. The van der Waals surface area contributed by atoms with Gasteiger partial charge in [-0.3, -0.25) is 9.78 Å². The minimum Gasteiger partial charge on any atom is -0.387 e. The van der Waals surface area contributed by atoms with Gasteiger partial charge in [0.25, 0.3) is 5.91 Å². The molecule has 4 nitrogen and oxygen atoms in total. The molecular weight excluding hydrogens is 366 g/mol. The third-order valence-electron chi connectivity index (χ3n) is 4.37. The second-order valence-electron chi connectivity index (χ2n) is 6.22. The van der Waals surface area contributed by atoms with Gasteiger partial charge in [-0.25, -0.2) is 4.39 Å². The van der Waals surface area contributed by atoms with Crippen LogP contribution in [-0.4, -0.2) is 16.0 Å². The van der Waals surface area contributed by atoms with Crippen molar-refractivity contribution in [1.29, 1.82) is 0 Å². The van der Waals surface area contributed by atoms with Crippen LogP contribution in [0, 0.1) is 6.92 Å². The first-order chi connectivity index (χ1) is 11.8. The van der Waals surface area contributed by atoms with Crippen molar-refractivity contribution in [2.45, 2.75) is 38.1 Å². The molecule has 132 valence electrons. The van der Waals surface area contributed by atoms with Crippen molar-refractivity contribution in [3.63, 3.8) is 0 Å². The molecule has 7 heteroatoms. The van der Waals surface area contributed by atoms with E-state index in [9.17, 15) is 9.90 Å². The Bertz CT molecular complexity index is 831. The fraction of sp³-hybridized carbons (Fsp3) is 0.333. The zero-order valence-corrected chi connectivity index (χ0v) is 15.0. The van der Waals surface area contributed by atoms with Crippen molar-refractivity contribution in [2.75, 3.05) is 0 Å². The number of aryl methyl sites for hydroxylation is 1. The van der Waals surface area contributed by atoms with E-state index in [-0.39, 0.29) is 30.6 Å². The second-order valence-corrected chi connectivity index (χ2v) is 7.06. The molecule has 3 rings (SSSR count). The number of alkyl halides is 1. The number of aromatic nitrogens is 1. The van der Waals surface area contributed by atoms with Crippen LogP contribution in [-0.2, 0) is 17.0 Å². The van der Waals surface area contributed by atoms with Crippen LogP contribution in [0.5, 0.6) is 0 Å². The van der Waals surface area contributed by atoms with E-state index in [4.69, 9.17) is 23.2 Å². The molecule has 0 saturated heterocycles. The smallest absolute Gasteiger partial charge is 0.262 e. The van der Waals surface area contributed by atoms with E-state index in [1.54, 1.807) is 37.4 Å². The van der Waals surface area contributed by atoms with Crippen molar-refractivity contribution in [2.24, 2.45) is 0 Å². The Kier molecular flexibility index (Phi) is 5.00. The number of pyridine rings is 1. The Morgan fingerprint density at radius 3 is 2.92 bits per heavy atom. The molecule has 0 aliphatic heterocycles. The Morgan fingerprint density at radius 2 is 2.20 bits per heavy atom. The molecule has 1 aliphatic rings. The third kappa shape index (κ3) is 3.50. The number of rotatable bonds is 3. The highest BCUT2D eigenvalue weighted by molar-refractivity contribution is 6.35. The first-order valence-electron chi connectivity index (χ1n) is 7.87. The topological polar surface area (TPSA) is 62.2 Å². The van der Waals surface area contributed by atoms with Gasteiger partial charge in [0, 0.05) is 28.4 Å². The van der Waals surface area contributed by atoms with Gasteiger partial charge < -0.3 is 10.4 Å². The Morgan fingerprint density at radius 1 is 1.44 bits per heavy atom.